The fourth-order valence-corrected chi connectivity index (χ4v) is 2.80. The number of nitrogens with zero attached hydrogens (tertiary/aromatic N) is 1. The molecule has 0 aromatic carbocycles. The molecule has 0 N–H and O–H groups in total. The van der Waals surface area contributed by atoms with Gasteiger partial charge in [-0.25, -0.2) is 0 Å². The minimum atomic E-state index is -1.32. The molecule has 0 spiro atoms. The Balaban J connectivity index is 2.42. The Morgan fingerprint density at radius 2 is 2.06 bits per heavy atom. The lowest BCUT2D eigenvalue weighted by molar-refractivity contribution is -0.140. The average Bonchev–Trinajstić information content (AvgIpc) is 3.14. The monoisotopic (exact) mass is 275 g/mol. The van der Waals surface area contributed by atoms with Crippen molar-refractivity contribution in [2.75, 3.05) is 19.4 Å². The van der Waals surface area contributed by atoms with Crippen LogP contribution in [0.2, 0.25) is 0 Å². The largest absolute Gasteiger partial charge is 0.469 e. The standard InChI is InChI=1S/C12H21NO4S/c1-4-13(10-5-6-10)11(14)8-18(16)9(2)7-12(15)17-3/h9-10H,4-8H2,1-3H3. The molecular weight excluding hydrogens is 254 g/mol. The fourth-order valence-electron chi connectivity index (χ4n) is 1.78. The molecule has 1 rings (SSSR count). The van der Waals surface area contributed by atoms with Crippen LogP contribution >= 0.6 is 0 Å². The molecular formula is C12H21NO4S. The van der Waals surface area contributed by atoms with E-state index in [1.807, 2.05) is 6.92 Å². The third-order valence-electron chi connectivity index (χ3n) is 3.04. The summed E-state index contributed by atoms with van der Waals surface area (Å²) >= 11 is 0. The number of hydrogen-bond donors (Lipinski definition) is 0. The van der Waals surface area contributed by atoms with Crippen molar-refractivity contribution < 1.29 is 18.5 Å². The molecule has 18 heavy (non-hydrogen) atoms. The van der Waals surface area contributed by atoms with Crippen LogP contribution in [-0.2, 0) is 25.1 Å². The molecule has 1 aliphatic rings. The van der Waals surface area contributed by atoms with Gasteiger partial charge in [-0.15, -0.1) is 0 Å². The normalized spacial score (nSPS) is 17.9. The first-order chi connectivity index (χ1) is 8.49. The van der Waals surface area contributed by atoms with Crippen molar-refractivity contribution in [3.63, 3.8) is 0 Å². The lowest BCUT2D eigenvalue weighted by Crippen LogP contribution is -2.37. The van der Waals surface area contributed by atoms with Gasteiger partial charge in [0, 0.05) is 28.6 Å². The number of methoxy groups -OCH3 is 1. The molecule has 2 atom stereocenters. The molecule has 6 heteroatoms. The number of amides is 1. The van der Waals surface area contributed by atoms with Crippen molar-refractivity contribution in [2.24, 2.45) is 0 Å². The Kier molecular flexibility index (Phi) is 5.78. The summed E-state index contributed by atoms with van der Waals surface area (Å²) in [7, 11) is -0.0194. The average molecular weight is 275 g/mol. The van der Waals surface area contributed by atoms with Crippen LogP contribution < -0.4 is 0 Å². The Bertz CT molecular complexity index is 341. The van der Waals surface area contributed by atoms with E-state index in [-0.39, 0.29) is 23.3 Å². The predicted octanol–water partition coefficient (Wildman–Crippen LogP) is 0.698. The smallest absolute Gasteiger partial charge is 0.306 e. The van der Waals surface area contributed by atoms with Gasteiger partial charge in [-0.3, -0.25) is 13.8 Å². The van der Waals surface area contributed by atoms with Crippen LogP contribution in [0.5, 0.6) is 0 Å². The van der Waals surface area contributed by atoms with Gasteiger partial charge in [0.15, 0.2) is 0 Å². The lowest BCUT2D eigenvalue weighted by atomic mass is 10.3. The maximum Gasteiger partial charge on any atom is 0.306 e. The Hall–Kier alpha value is -0.910. The van der Waals surface area contributed by atoms with Crippen LogP contribution in [0.3, 0.4) is 0 Å². The van der Waals surface area contributed by atoms with Crippen molar-refractivity contribution in [1.29, 1.82) is 0 Å². The van der Waals surface area contributed by atoms with Crippen LogP contribution in [0.4, 0.5) is 0 Å². The highest BCUT2D eigenvalue weighted by Crippen LogP contribution is 2.26. The van der Waals surface area contributed by atoms with E-state index in [1.54, 1.807) is 11.8 Å². The summed E-state index contributed by atoms with van der Waals surface area (Å²) < 4.78 is 16.4. The topological polar surface area (TPSA) is 63.7 Å². The van der Waals surface area contributed by atoms with Gasteiger partial charge in [0.1, 0.15) is 5.75 Å². The van der Waals surface area contributed by atoms with E-state index in [1.165, 1.54) is 7.11 Å². The van der Waals surface area contributed by atoms with Crippen LogP contribution in [0, 0.1) is 0 Å². The van der Waals surface area contributed by atoms with Gasteiger partial charge in [0.2, 0.25) is 5.91 Å². The molecule has 0 bridgehead atoms. The van der Waals surface area contributed by atoms with Crippen molar-refractivity contribution in [3.05, 3.63) is 0 Å². The van der Waals surface area contributed by atoms with E-state index >= 15 is 0 Å². The predicted molar refractivity (Wildman–Crippen MR) is 69.5 cm³/mol. The van der Waals surface area contributed by atoms with E-state index in [0.29, 0.717) is 12.6 Å². The molecule has 0 heterocycles. The van der Waals surface area contributed by atoms with Crippen LogP contribution in [0.25, 0.3) is 0 Å². The molecule has 1 saturated carbocycles. The van der Waals surface area contributed by atoms with Gasteiger partial charge < -0.3 is 9.64 Å². The van der Waals surface area contributed by atoms with E-state index in [9.17, 15) is 13.8 Å². The molecule has 104 valence electrons. The number of rotatable bonds is 7. The van der Waals surface area contributed by atoms with Crippen molar-refractivity contribution in [2.45, 2.75) is 44.4 Å². The van der Waals surface area contributed by atoms with E-state index in [4.69, 9.17) is 0 Å². The zero-order chi connectivity index (χ0) is 13.7. The number of esters is 1. The van der Waals surface area contributed by atoms with Gasteiger partial charge in [0.05, 0.1) is 13.5 Å². The quantitative estimate of drug-likeness (QED) is 0.642. The highest BCUT2D eigenvalue weighted by atomic mass is 32.2. The Labute approximate surface area is 110 Å². The maximum atomic E-state index is 11.9. The summed E-state index contributed by atoms with van der Waals surface area (Å²) in [6.45, 7) is 4.29. The SMILES string of the molecule is CCN(C(=O)CS(=O)C(C)CC(=O)OC)C1CC1. The summed E-state index contributed by atoms with van der Waals surface area (Å²) in [4.78, 5) is 24.8. The highest BCUT2D eigenvalue weighted by Gasteiger charge is 2.32. The van der Waals surface area contributed by atoms with Gasteiger partial charge in [-0.1, -0.05) is 6.92 Å². The van der Waals surface area contributed by atoms with Gasteiger partial charge in [-0.2, -0.15) is 0 Å². The minimum absolute atomic E-state index is 0.00248. The summed E-state index contributed by atoms with van der Waals surface area (Å²) in [5.74, 6) is -0.462. The molecule has 0 aromatic rings. The third-order valence-corrected chi connectivity index (χ3v) is 4.64. The zero-order valence-corrected chi connectivity index (χ0v) is 12.0. The first kappa shape index (κ1) is 15.1. The number of carbonyl (C=O) groups excluding carboxylic acids is 2. The van der Waals surface area contributed by atoms with Crippen LogP contribution in [0.1, 0.15) is 33.1 Å². The number of ether oxygens (including phenoxy) is 1. The van der Waals surface area contributed by atoms with Crippen molar-refractivity contribution in [3.8, 4) is 0 Å². The molecule has 1 fully saturated rings. The molecule has 1 amide bonds. The molecule has 0 radical (unpaired) electrons. The van der Waals surface area contributed by atoms with Gasteiger partial charge in [0.25, 0.3) is 0 Å². The summed E-state index contributed by atoms with van der Waals surface area (Å²) in [6, 6.07) is 0.343. The van der Waals surface area contributed by atoms with Crippen LogP contribution in [0.15, 0.2) is 0 Å². The second-order valence-electron chi connectivity index (χ2n) is 4.53. The molecule has 0 aliphatic heterocycles. The first-order valence-electron chi connectivity index (χ1n) is 6.23. The van der Waals surface area contributed by atoms with Gasteiger partial charge in [-0.05, 0) is 19.8 Å². The second kappa shape index (κ2) is 6.87. The molecule has 1 aliphatic carbocycles. The molecule has 2 unspecified atom stereocenters. The lowest BCUT2D eigenvalue weighted by Gasteiger charge is -2.21. The third kappa shape index (κ3) is 4.40. The zero-order valence-electron chi connectivity index (χ0n) is 11.2. The summed E-state index contributed by atoms with van der Waals surface area (Å²) in [5, 5.41) is -0.348. The van der Waals surface area contributed by atoms with Crippen molar-refractivity contribution >= 4 is 22.7 Å². The Morgan fingerprint density at radius 1 is 1.44 bits per heavy atom. The van der Waals surface area contributed by atoms with Crippen LogP contribution in [-0.4, -0.2) is 51.7 Å². The highest BCUT2D eigenvalue weighted by molar-refractivity contribution is 7.86. The van der Waals surface area contributed by atoms with Gasteiger partial charge >= 0.3 is 5.97 Å². The second-order valence-corrected chi connectivity index (χ2v) is 6.38. The molecule has 0 aromatic heterocycles. The summed E-state index contributed by atoms with van der Waals surface area (Å²) in [6.07, 6.45) is 2.18. The number of hydrogen-bond acceptors (Lipinski definition) is 4. The first-order valence-corrected chi connectivity index (χ1v) is 7.61. The maximum absolute atomic E-state index is 11.9. The fraction of sp³-hybridized carbons (Fsp3) is 0.833. The van der Waals surface area contributed by atoms with E-state index < -0.39 is 16.8 Å². The van der Waals surface area contributed by atoms with Crippen molar-refractivity contribution in [1.82, 2.24) is 4.90 Å². The molecule has 5 nitrogen and oxygen atoms in total. The minimum Gasteiger partial charge on any atom is -0.469 e. The Morgan fingerprint density at radius 3 is 2.50 bits per heavy atom. The van der Waals surface area contributed by atoms with E-state index in [2.05, 4.69) is 4.74 Å². The van der Waals surface area contributed by atoms with E-state index in [0.717, 1.165) is 12.8 Å². The molecule has 0 saturated heterocycles. The summed E-state index contributed by atoms with van der Waals surface area (Å²) in [5.41, 5.74) is 0. The number of carbonyl (C=O) groups is 2.